The number of pyridine rings is 1. The van der Waals surface area contributed by atoms with Crippen LogP contribution < -0.4 is 5.73 Å². The summed E-state index contributed by atoms with van der Waals surface area (Å²) in [6.45, 7) is 0. The van der Waals surface area contributed by atoms with E-state index in [1.54, 1.807) is 6.07 Å². The van der Waals surface area contributed by atoms with Gasteiger partial charge >= 0.3 is 0 Å². The summed E-state index contributed by atoms with van der Waals surface area (Å²) < 4.78 is 12.9. The zero-order valence-corrected chi connectivity index (χ0v) is 6.66. The molecule has 0 saturated heterocycles. The average Bonchev–Trinajstić information content (AvgIpc) is 2.08. The molecule has 0 amide bonds. The number of aromatic nitrogens is 1. The van der Waals surface area contributed by atoms with Crippen LogP contribution in [0.2, 0.25) is 0 Å². The van der Waals surface area contributed by atoms with Crippen LogP contribution in [0, 0.1) is 5.82 Å². The molecule has 4 heteroatoms. The minimum atomic E-state index is -0.543. The topological polar surface area (TPSA) is 59.1 Å². The fourth-order valence-electron chi connectivity index (χ4n) is 1.14. The Morgan fingerprint density at radius 1 is 1.31 bits per heavy atom. The Balaban J connectivity index is 2.81. The van der Waals surface area contributed by atoms with Gasteiger partial charge in [0, 0.05) is 11.5 Å². The van der Waals surface area contributed by atoms with Gasteiger partial charge in [0.1, 0.15) is 5.75 Å². The molecule has 0 aliphatic carbocycles. The predicted molar refractivity (Wildman–Crippen MR) is 47.8 cm³/mol. The number of nitrogens with two attached hydrogens (primary N) is 1. The fourth-order valence-corrected chi connectivity index (χ4v) is 1.14. The minimum absolute atomic E-state index is 0.0889. The number of halogens is 1. The van der Waals surface area contributed by atoms with Gasteiger partial charge in [-0.3, -0.25) is 0 Å². The van der Waals surface area contributed by atoms with E-state index in [4.69, 9.17) is 10.8 Å². The Labute approximate surface area is 73.6 Å². The van der Waals surface area contributed by atoms with Crippen LogP contribution in [0.15, 0.2) is 24.3 Å². The Morgan fingerprint density at radius 3 is 2.85 bits per heavy atom. The van der Waals surface area contributed by atoms with E-state index in [-0.39, 0.29) is 11.6 Å². The van der Waals surface area contributed by atoms with Gasteiger partial charge in [-0.1, -0.05) is 0 Å². The molecule has 0 atom stereocenters. The van der Waals surface area contributed by atoms with E-state index in [9.17, 15) is 4.39 Å². The van der Waals surface area contributed by atoms with E-state index in [1.165, 1.54) is 18.2 Å². The molecule has 2 aromatic rings. The van der Waals surface area contributed by atoms with Gasteiger partial charge in [0.15, 0.2) is 11.6 Å². The number of hydrogen-bond donors (Lipinski definition) is 2. The summed E-state index contributed by atoms with van der Waals surface area (Å²) >= 11 is 0. The maximum absolute atomic E-state index is 12.9. The monoisotopic (exact) mass is 178 g/mol. The molecule has 1 aromatic heterocycles. The van der Waals surface area contributed by atoms with Crippen LogP contribution in [0.4, 0.5) is 10.2 Å². The number of anilines is 1. The molecule has 3 nitrogen and oxygen atoms in total. The molecule has 66 valence electrons. The highest BCUT2D eigenvalue weighted by molar-refractivity contribution is 5.81. The number of hydrogen-bond acceptors (Lipinski definition) is 3. The lowest BCUT2D eigenvalue weighted by molar-refractivity contribution is 0.476. The number of phenols is 1. The summed E-state index contributed by atoms with van der Waals surface area (Å²) in [6, 6.07) is 5.78. The number of benzene rings is 1. The molecule has 0 spiro atoms. The first-order valence-electron chi connectivity index (χ1n) is 3.71. The largest absolute Gasteiger partial charge is 0.508 e. The third kappa shape index (κ3) is 1.26. The Kier molecular flexibility index (Phi) is 1.55. The molecule has 1 heterocycles. The molecule has 0 aliphatic rings. The maximum Gasteiger partial charge on any atom is 0.165 e. The number of rotatable bonds is 0. The number of fused-ring (bicyclic) bond motifs is 1. The summed E-state index contributed by atoms with van der Waals surface area (Å²) in [6.07, 6.45) is 0. The number of phenolic OH excluding ortho intramolecular Hbond substituents is 1. The first-order chi connectivity index (χ1) is 6.16. The van der Waals surface area contributed by atoms with E-state index in [2.05, 4.69) is 4.98 Å². The minimum Gasteiger partial charge on any atom is -0.508 e. The standard InChI is InChI=1S/C9H7FN2O/c10-7-3-5-1-2-6(13)4-8(5)12-9(7)11/h1-4,13H,(H2,11,12). The lowest BCUT2D eigenvalue weighted by Crippen LogP contribution is -1.94. The molecular weight excluding hydrogens is 171 g/mol. The number of nitrogen functional groups attached to an aromatic ring is 1. The summed E-state index contributed by atoms with van der Waals surface area (Å²) in [5.41, 5.74) is 5.75. The normalized spacial score (nSPS) is 10.5. The average molecular weight is 178 g/mol. The van der Waals surface area contributed by atoms with Crippen molar-refractivity contribution >= 4 is 16.7 Å². The third-order valence-corrected chi connectivity index (χ3v) is 1.78. The highest BCUT2D eigenvalue weighted by Gasteiger charge is 2.02. The van der Waals surface area contributed by atoms with Crippen molar-refractivity contribution in [2.75, 3.05) is 5.73 Å². The van der Waals surface area contributed by atoms with Gasteiger partial charge in [-0.15, -0.1) is 0 Å². The fraction of sp³-hybridized carbons (Fsp3) is 0. The summed E-state index contributed by atoms with van der Waals surface area (Å²) in [5.74, 6) is -0.609. The second-order valence-corrected chi connectivity index (χ2v) is 2.73. The van der Waals surface area contributed by atoms with Crippen LogP contribution in [0.1, 0.15) is 0 Å². The van der Waals surface area contributed by atoms with Crippen LogP contribution in [-0.2, 0) is 0 Å². The van der Waals surface area contributed by atoms with E-state index in [1.807, 2.05) is 0 Å². The van der Waals surface area contributed by atoms with Crippen LogP contribution >= 0.6 is 0 Å². The predicted octanol–water partition coefficient (Wildman–Crippen LogP) is 1.66. The molecule has 0 bridgehead atoms. The van der Waals surface area contributed by atoms with E-state index in [0.717, 1.165) is 0 Å². The van der Waals surface area contributed by atoms with Gasteiger partial charge in [0.25, 0.3) is 0 Å². The Morgan fingerprint density at radius 2 is 2.08 bits per heavy atom. The van der Waals surface area contributed by atoms with Crippen molar-refractivity contribution in [3.05, 3.63) is 30.1 Å². The lowest BCUT2D eigenvalue weighted by atomic mass is 10.2. The number of aromatic hydroxyl groups is 1. The molecule has 0 saturated carbocycles. The molecule has 0 fully saturated rings. The van der Waals surface area contributed by atoms with E-state index in [0.29, 0.717) is 10.9 Å². The quantitative estimate of drug-likeness (QED) is 0.645. The Hall–Kier alpha value is -1.84. The second-order valence-electron chi connectivity index (χ2n) is 2.73. The van der Waals surface area contributed by atoms with E-state index >= 15 is 0 Å². The molecule has 3 N–H and O–H groups in total. The van der Waals surface area contributed by atoms with Crippen molar-refractivity contribution in [2.24, 2.45) is 0 Å². The zero-order chi connectivity index (χ0) is 9.42. The smallest absolute Gasteiger partial charge is 0.165 e. The first kappa shape index (κ1) is 7.79. The van der Waals surface area contributed by atoms with Crippen molar-refractivity contribution in [2.45, 2.75) is 0 Å². The van der Waals surface area contributed by atoms with Crippen molar-refractivity contribution < 1.29 is 9.50 Å². The van der Waals surface area contributed by atoms with Crippen LogP contribution in [0.25, 0.3) is 10.9 Å². The SMILES string of the molecule is Nc1nc2cc(O)ccc2cc1F. The highest BCUT2D eigenvalue weighted by atomic mass is 19.1. The second kappa shape index (κ2) is 2.58. The zero-order valence-electron chi connectivity index (χ0n) is 6.66. The molecular formula is C9H7FN2O. The van der Waals surface area contributed by atoms with Gasteiger partial charge in [0.2, 0.25) is 0 Å². The lowest BCUT2D eigenvalue weighted by Gasteiger charge is -2.00. The Bertz CT molecular complexity index is 470. The highest BCUT2D eigenvalue weighted by Crippen LogP contribution is 2.20. The number of nitrogens with zero attached hydrogens (tertiary/aromatic N) is 1. The molecule has 0 aliphatic heterocycles. The van der Waals surface area contributed by atoms with Gasteiger partial charge in [-0.2, -0.15) is 0 Å². The van der Waals surface area contributed by atoms with Crippen LogP contribution in [-0.4, -0.2) is 10.1 Å². The third-order valence-electron chi connectivity index (χ3n) is 1.78. The maximum atomic E-state index is 12.9. The summed E-state index contributed by atoms with van der Waals surface area (Å²) in [7, 11) is 0. The van der Waals surface area contributed by atoms with Crippen molar-refractivity contribution in [3.8, 4) is 5.75 Å². The summed E-state index contributed by atoms with van der Waals surface area (Å²) in [4.78, 5) is 3.78. The van der Waals surface area contributed by atoms with Gasteiger partial charge < -0.3 is 10.8 Å². The molecule has 13 heavy (non-hydrogen) atoms. The van der Waals surface area contributed by atoms with Gasteiger partial charge in [-0.25, -0.2) is 9.37 Å². The van der Waals surface area contributed by atoms with Crippen molar-refractivity contribution in [1.29, 1.82) is 0 Å². The van der Waals surface area contributed by atoms with Crippen LogP contribution in [0.3, 0.4) is 0 Å². The molecule has 2 rings (SSSR count). The molecule has 0 unspecified atom stereocenters. The van der Waals surface area contributed by atoms with Crippen molar-refractivity contribution in [3.63, 3.8) is 0 Å². The summed E-state index contributed by atoms with van der Waals surface area (Å²) in [5, 5.41) is 9.73. The van der Waals surface area contributed by atoms with Crippen molar-refractivity contribution in [1.82, 2.24) is 4.98 Å². The van der Waals surface area contributed by atoms with Gasteiger partial charge in [0.05, 0.1) is 5.52 Å². The van der Waals surface area contributed by atoms with E-state index < -0.39 is 5.82 Å². The first-order valence-corrected chi connectivity index (χ1v) is 3.71. The van der Waals surface area contributed by atoms with Gasteiger partial charge in [-0.05, 0) is 18.2 Å². The molecule has 0 radical (unpaired) electrons. The molecule has 1 aromatic carbocycles. The van der Waals surface area contributed by atoms with Crippen LogP contribution in [0.5, 0.6) is 5.75 Å².